The molecule has 0 bridgehead atoms. The van der Waals surface area contributed by atoms with Crippen molar-refractivity contribution in [3.63, 3.8) is 0 Å². The van der Waals surface area contributed by atoms with Gasteiger partial charge in [0.05, 0.1) is 17.7 Å². The number of nitrogens with zero attached hydrogens (tertiary/aromatic N) is 2. The quantitative estimate of drug-likeness (QED) is 0.784. The van der Waals surface area contributed by atoms with Gasteiger partial charge in [-0.3, -0.25) is 9.32 Å². The Balaban J connectivity index is 2.16. The summed E-state index contributed by atoms with van der Waals surface area (Å²) in [4.78, 5) is 32.6. The first-order valence-corrected chi connectivity index (χ1v) is 9.42. The molecule has 9 heteroatoms. The molecule has 0 aliphatic carbocycles. The van der Waals surface area contributed by atoms with E-state index in [1.165, 1.54) is 0 Å². The first-order valence-electron chi connectivity index (χ1n) is 7.89. The number of phosphoric acid groups is 1. The Kier molecular flexibility index (Phi) is 4.38. The molecule has 2 N–H and O–H groups in total. The minimum Gasteiger partial charge on any atom is -0.485 e. The molecule has 2 atom stereocenters. The summed E-state index contributed by atoms with van der Waals surface area (Å²) in [6.45, 7) is 3.76. The van der Waals surface area contributed by atoms with Gasteiger partial charge in [0.1, 0.15) is 17.5 Å². The maximum atomic E-state index is 12.3. The predicted molar refractivity (Wildman–Crippen MR) is 86.5 cm³/mol. The van der Waals surface area contributed by atoms with Crippen molar-refractivity contribution < 1.29 is 28.4 Å². The molecular formula is C16H19N2O6P. The van der Waals surface area contributed by atoms with E-state index in [0.29, 0.717) is 36.3 Å². The maximum absolute atomic E-state index is 12.3. The van der Waals surface area contributed by atoms with Gasteiger partial charge in [0, 0.05) is 18.5 Å². The number of ether oxygens (including phenoxy) is 1. The Morgan fingerprint density at radius 3 is 2.72 bits per heavy atom. The predicted octanol–water partition coefficient (Wildman–Crippen LogP) is 1.87. The smallest absolute Gasteiger partial charge is 0.470 e. The molecule has 0 saturated carbocycles. The lowest BCUT2D eigenvalue weighted by Crippen LogP contribution is -2.54. The van der Waals surface area contributed by atoms with Crippen molar-refractivity contribution in [1.29, 1.82) is 5.26 Å². The monoisotopic (exact) mass is 366 g/mol. The Morgan fingerprint density at radius 2 is 2.16 bits per heavy atom. The highest BCUT2D eigenvalue weighted by atomic mass is 31.2. The third-order valence-electron chi connectivity index (χ3n) is 4.50. The Bertz CT molecular complexity index is 796. The van der Waals surface area contributed by atoms with E-state index in [1.54, 1.807) is 36.9 Å². The topological polar surface area (TPSA) is 120 Å². The van der Waals surface area contributed by atoms with Gasteiger partial charge in [0.2, 0.25) is 5.91 Å². The van der Waals surface area contributed by atoms with Crippen LogP contribution >= 0.6 is 7.82 Å². The van der Waals surface area contributed by atoms with Crippen molar-refractivity contribution in [1.82, 2.24) is 4.90 Å². The summed E-state index contributed by atoms with van der Waals surface area (Å²) in [7, 11) is -4.83. The highest BCUT2D eigenvalue weighted by Gasteiger charge is 2.51. The second kappa shape index (κ2) is 6.11. The minimum atomic E-state index is -4.83. The zero-order valence-electron chi connectivity index (χ0n) is 13.9. The van der Waals surface area contributed by atoms with Gasteiger partial charge in [0.25, 0.3) is 0 Å². The molecule has 1 aromatic carbocycles. The number of likely N-dealkylation sites (tertiary alicyclic amines) is 1. The van der Waals surface area contributed by atoms with Gasteiger partial charge in [-0.2, -0.15) is 5.26 Å². The van der Waals surface area contributed by atoms with Crippen LogP contribution in [0.1, 0.15) is 43.9 Å². The van der Waals surface area contributed by atoms with Gasteiger partial charge in [-0.1, -0.05) is 0 Å². The standard InChI is InChI=1S/C16H19N2O6P/c1-16(2)15(24-25(20,21)22)14(18-7-3-4-13(18)19)11-8-10(9-17)5-6-12(11)23-16/h5-6,8,14-15H,3-4,7H2,1-2H3,(H2,20,21,22)/t14-,15-/m1/s1. The summed E-state index contributed by atoms with van der Waals surface area (Å²) < 4.78 is 22.5. The van der Waals surface area contributed by atoms with Crippen molar-refractivity contribution >= 4 is 13.7 Å². The molecule has 0 aromatic heterocycles. The van der Waals surface area contributed by atoms with E-state index in [9.17, 15) is 24.4 Å². The Labute approximate surface area is 145 Å². The number of benzene rings is 1. The van der Waals surface area contributed by atoms with Crippen molar-refractivity contribution in [2.45, 2.75) is 44.4 Å². The van der Waals surface area contributed by atoms with Gasteiger partial charge in [0.15, 0.2) is 0 Å². The molecule has 1 amide bonds. The molecule has 1 aromatic rings. The van der Waals surface area contributed by atoms with Crippen molar-refractivity contribution in [3.05, 3.63) is 29.3 Å². The summed E-state index contributed by atoms with van der Waals surface area (Å²) in [5, 5.41) is 9.17. The van der Waals surface area contributed by atoms with E-state index >= 15 is 0 Å². The lowest BCUT2D eigenvalue weighted by Gasteiger charge is -2.47. The number of nitriles is 1. The second-order valence-corrected chi connectivity index (χ2v) is 7.91. The van der Waals surface area contributed by atoms with E-state index < -0.39 is 25.6 Å². The number of hydrogen-bond donors (Lipinski definition) is 2. The zero-order valence-corrected chi connectivity index (χ0v) is 14.8. The molecule has 134 valence electrons. The summed E-state index contributed by atoms with van der Waals surface area (Å²) in [6, 6.07) is 6.10. The van der Waals surface area contributed by atoms with Crippen LogP contribution in [0.4, 0.5) is 0 Å². The molecule has 8 nitrogen and oxygen atoms in total. The fourth-order valence-corrected chi connectivity index (χ4v) is 4.12. The van der Waals surface area contributed by atoms with Gasteiger partial charge >= 0.3 is 7.82 Å². The molecule has 2 aliphatic rings. The molecule has 1 fully saturated rings. The third kappa shape index (κ3) is 3.42. The molecule has 2 heterocycles. The second-order valence-electron chi connectivity index (χ2n) is 6.72. The minimum absolute atomic E-state index is 0.115. The lowest BCUT2D eigenvalue weighted by molar-refractivity contribution is -0.138. The van der Waals surface area contributed by atoms with E-state index in [-0.39, 0.29) is 5.91 Å². The van der Waals surface area contributed by atoms with Gasteiger partial charge in [-0.25, -0.2) is 4.57 Å². The van der Waals surface area contributed by atoms with Crippen LogP contribution in [0.2, 0.25) is 0 Å². The van der Waals surface area contributed by atoms with Crippen LogP contribution in [0.3, 0.4) is 0 Å². The molecule has 0 spiro atoms. The van der Waals surface area contributed by atoms with Crippen LogP contribution in [0, 0.1) is 11.3 Å². The third-order valence-corrected chi connectivity index (χ3v) is 5.00. The number of phosphoric ester groups is 1. The van der Waals surface area contributed by atoms with Crippen molar-refractivity contribution in [2.75, 3.05) is 6.54 Å². The van der Waals surface area contributed by atoms with Crippen LogP contribution in [-0.4, -0.2) is 38.8 Å². The number of amides is 1. The van der Waals surface area contributed by atoms with E-state index in [0.717, 1.165) is 0 Å². The first kappa shape index (κ1) is 17.9. The van der Waals surface area contributed by atoms with Crippen molar-refractivity contribution in [3.8, 4) is 11.8 Å². The molecule has 1 saturated heterocycles. The molecular weight excluding hydrogens is 347 g/mol. The van der Waals surface area contributed by atoms with Crippen molar-refractivity contribution in [2.24, 2.45) is 0 Å². The molecule has 0 unspecified atom stereocenters. The van der Waals surface area contributed by atoms with E-state index in [1.807, 2.05) is 6.07 Å². The first-order chi connectivity index (χ1) is 11.6. The summed E-state index contributed by atoms with van der Waals surface area (Å²) in [6.07, 6.45) is -0.0583. The average molecular weight is 366 g/mol. The SMILES string of the molecule is CC1(C)Oc2ccc(C#N)cc2[C@@H](N2CCCC2=O)[C@H]1OP(=O)(O)O. The van der Waals surface area contributed by atoms with Gasteiger partial charge in [-0.05, 0) is 38.5 Å². The largest absolute Gasteiger partial charge is 0.485 e. The summed E-state index contributed by atoms with van der Waals surface area (Å²) in [5.41, 5.74) is -0.198. The number of carbonyl (C=O) groups is 1. The lowest BCUT2D eigenvalue weighted by atomic mass is 9.85. The number of rotatable bonds is 3. The molecule has 25 heavy (non-hydrogen) atoms. The average Bonchev–Trinajstić information content (AvgIpc) is 2.92. The van der Waals surface area contributed by atoms with Crippen LogP contribution in [0.25, 0.3) is 0 Å². The zero-order chi connectivity index (χ0) is 18.4. The maximum Gasteiger partial charge on any atom is 0.470 e. The highest BCUT2D eigenvalue weighted by Crippen LogP contribution is 2.51. The van der Waals surface area contributed by atoms with Crippen LogP contribution in [0.5, 0.6) is 5.75 Å². The normalized spacial score (nSPS) is 25.2. The molecule has 0 radical (unpaired) electrons. The van der Waals surface area contributed by atoms with Crippen LogP contribution in [-0.2, 0) is 13.9 Å². The van der Waals surface area contributed by atoms with Crippen LogP contribution < -0.4 is 4.74 Å². The number of fused-ring (bicyclic) bond motifs is 1. The fourth-order valence-electron chi connectivity index (χ4n) is 3.45. The van der Waals surface area contributed by atoms with E-state index in [4.69, 9.17) is 9.26 Å². The van der Waals surface area contributed by atoms with Gasteiger partial charge < -0.3 is 19.4 Å². The van der Waals surface area contributed by atoms with E-state index in [2.05, 4.69) is 0 Å². The summed E-state index contributed by atoms with van der Waals surface area (Å²) >= 11 is 0. The molecule has 2 aliphatic heterocycles. The Morgan fingerprint density at radius 1 is 1.44 bits per heavy atom. The number of hydrogen-bond acceptors (Lipinski definition) is 5. The Hall–Kier alpha value is -1.91. The van der Waals surface area contributed by atoms with Gasteiger partial charge in [-0.15, -0.1) is 0 Å². The van der Waals surface area contributed by atoms with Crippen LogP contribution in [0.15, 0.2) is 18.2 Å². The number of carbonyl (C=O) groups excluding carboxylic acids is 1. The highest BCUT2D eigenvalue weighted by molar-refractivity contribution is 7.46. The molecule has 3 rings (SSSR count). The fraction of sp³-hybridized carbons (Fsp3) is 0.500. The summed E-state index contributed by atoms with van der Waals surface area (Å²) in [5.74, 6) is 0.356.